The molecule has 3 aromatic carbocycles. The van der Waals surface area contributed by atoms with Crippen LogP contribution in [0, 0.1) is 5.92 Å². The minimum atomic E-state index is -1.07. The van der Waals surface area contributed by atoms with E-state index in [4.69, 9.17) is 52.7 Å². The lowest BCUT2D eigenvalue weighted by Crippen LogP contribution is -2.45. The molecule has 1 amide bonds. The van der Waals surface area contributed by atoms with Gasteiger partial charge in [0.2, 0.25) is 11.8 Å². The van der Waals surface area contributed by atoms with Crippen molar-refractivity contribution in [1.29, 1.82) is 0 Å². The van der Waals surface area contributed by atoms with Crippen molar-refractivity contribution in [2.24, 2.45) is 11.7 Å². The first-order chi connectivity index (χ1) is 23.1. The number of para-hydroxylation sites is 1. The SMILES string of the molecule is CC(C)[C@@H]1NC(=O)[C@@H](N)Cc2cc(Br)c3c(c2)[C@@]24c5cccc(c5N[C@H]2O3)-c2cccc3c2c(cn3Cl)-c2oc(nc2Cl)-c2nc1oc24. The Morgan fingerprint density at radius 2 is 1.88 bits per heavy atom. The van der Waals surface area contributed by atoms with E-state index in [0.717, 1.165) is 48.9 Å². The third kappa shape index (κ3) is 3.54. The number of nitrogens with zero attached hydrogens (tertiary/aromatic N) is 3. The molecule has 4 aliphatic heterocycles. The molecule has 48 heavy (non-hydrogen) atoms. The molecule has 4 aliphatic rings. The Morgan fingerprint density at radius 3 is 2.71 bits per heavy atom. The molecule has 10 bridgehead atoms. The number of ether oxygens (including phenoxy) is 1. The fourth-order valence-electron chi connectivity index (χ4n) is 7.92. The monoisotopic (exact) mass is 742 g/mol. The quantitative estimate of drug-likeness (QED) is 0.158. The van der Waals surface area contributed by atoms with Gasteiger partial charge in [-0.3, -0.25) is 8.88 Å². The van der Waals surface area contributed by atoms with E-state index in [1.807, 2.05) is 38.1 Å². The maximum atomic E-state index is 13.5. The lowest BCUT2D eigenvalue weighted by atomic mass is 9.72. The van der Waals surface area contributed by atoms with Gasteiger partial charge in [0.15, 0.2) is 28.6 Å². The van der Waals surface area contributed by atoms with Crippen LogP contribution in [0.15, 0.2) is 68.0 Å². The summed E-state index contributed by atoms with van der Waals surface area (Å²) in [6.45, 7) is 3.98. The van der Waals surface area contributed by atoms with Crippen LogP contribution < -0.4 is 21.1 Å². The molecule has 1 spiro atoms. The van der Waals surface area contributed by atoms with E-state index in [0.29, 0.717) is 40.8 Å². The number of carbonyl (C=O) groups excluding carboxylic acids is 1. The summed E-state index contributed by atoms with van der Waals surface area (Å²) in [7, 11) is 0. The second-order valence-electron chi connectivity index (χ2n) is 13.1. The summed E-state index contributed by atoms with van der Waals surface area (Å²) in [6, 6.07) is 14.8. The number of fused-ring (bicyclic) bond motifs is 7. The summed E-state index contributed by atoms with van der Waals surface area (Å²) < 4.78 is 22.6. The summed E-state index contributed by atoms with van der Waals surface area (Å²) in [5, 5.41) is 7.86. The molecule has 4 N–H and O–H groups in total. The van der Waals surface area contributed by atoms with Gasteiger partial charge in [0.05, 0.1) is 16.0 Å². The zero-order valence-corrected chi connectivity index (χ0v) is 28.5. The molecule has 10 rings (SSSR count). The predicted molar refractivity (Wildman–Crippen MR) is 184 cm³/mol. The summed E-state index contributed by atoms with van der Waals surface area (Å²) in [5.74, 6) is 1.49. The van der Waals surface area contributed by atoms with Crippen LogP contribution in [0.3, 0.4) is 0 Å². The maximum Gasteiger partial charge on any atom is 0.250 e. The van der Waals surface area contributed by atoms with Crippen LogP contribution in [0.25, 0.3) is 44.9 Å². The molecule has 0 unspecified atom stereocenters. The fourth-order valence-corrected chi connectivity index (χ4v) is 8.98. The van der Waals surface area contributed by atoms with E-state index in [1.54, 1.807) is 6.20 Å². The molecule has 0 fully saturated rings. The number of nitrogens with one attached hydrogen (secondary N) is 2. The highest BCUT2D eigenvalue weighted by Crippen LogP contribution is 2.62. The van der Waals surface area contributed by atoms with Crippen LogP contribution >= 0.6 is 39.3 Å². The van der Waals surface area contributed by atoms with Crippen LogP contribution in [0.2, 0.25) is 5.15 Å². The van der Waals surface area contributed by atoms with E-state index in [1.165, 1.54) is 4.09 Å². The molecular formula is C35H25BrCl2N6O4. The molecule has 240 valence electrons. The van der Waals surface area contributed by atoms with E-state index < -0.39 is 23.7 Å². The highest BCUT2D eigenvalue weighted by molar-refractivity contribution is 9.10. The first-order valence-corrected chi connectivity index (χ1v) is 17.1. The van der Waals surface area contributed by atoms with Crippen LogP contribution in [-0.2, 0) is 16.6 Å². The van der Waals surface area contributed by atoms with Crippen molar-refractivity contribution in [2.75, 3.05) is 5.32 Å². The van der Waals surface area contributed by atoms with Crippen molar-refractivity contribution >= 4 is 61.8 Å². The van der Waals surface area contributed by atoms with Crippen LogP contribution in [0.4, 0.5) is 5.69 Å². The number of oxazole rings is 2. The van der Waals surface area contributed by atoms with Crippen LogP contribution in [0.5, 0.6) is 5.75 Å². The van der Waals surface area contributed by atoms with Crippen LogP contribution in [0.1, 0.15) is 48.2 Å². The number of aromatic nitrogens is 3. The Labute approximate surface area is 291 Å². The zero-order chi connectivity index (χ0) is 32.8. The smallest absolute Gasteiger partial charge is 0.250 e. The molecule has 0 saturated carbocycles. The van der Waals surface area contributed by atoms with Gasteiger partial charge >= 0.3 is 0 Å². The standard InChI is InChI=1S/C35H25BrCl2N6O4/c1-13(2)24-32-41-26-29(48-32)35-18-7-3-6-16(15-5-4-8-22-23(15)17(12-44(22)38)27-30(37)43-33(26)46-27)25(18)42-34(35)47-28-19(35)9-14(10-20(28)36)11-21(39)31(45)40-24/h3-10,12-13,21,24,34,42H,11,39H2,1-2H3,(H,40,45)/t21-,24-,34-,35+/m0/s1. The molecule has 13 heteroatoms. The molecule has 0 saturated heterocycles. The van der Waals surface area contributed by atoms with E-state index in [-0.39, 0.29) is 22.9 Å². The minimum absolute atomic E-state index is 0.100. The zero-order valence-electron chi connectivity index (χ0n) is 25.4. The first kappa shape index (κ1) is 28.7. The second kappa shape index (κ2) is 9.66. The highest BCUT2D eigenvalue weighted by atomic mass is 79.9. The Hall–Kier alpha value is -4.29. The van der Waals surface area contributed by atoms with Crippen molar-refractivity contribution in [3.63, 3.8) is 0 Å². The Kier molecular flexibility index (Phi) is 5.77. The number of hydrogen-bond acceptors (Lipinski definition) is 8. The van der Waals surface area contributed by atoms with Gasteiger partial charge in [0, 0.05) is 51.3 Å². The average molecular weight is 744 g/mol. The Balaban J connectivity index is 1.41. The van der Waals surface area contributed by atoms with E-state index in [9.17, 15) is 4.79 Å². The molecule has 4 atom stereocenters. The number of anilines is 1. The summed E-state index contributed by atoms with van der Waals surface area (Å²) >= 11 is 17.5. The number of carbonyl (C=O) groups is 1. The maximum absolute atomic E-state index is 13.5. The van der Waals surface area contributed by atoms with Gasteiger partial charge in [-0.1, -0.05) is 61.8 Å². The molecule has 7 heterocycles. The lowest BCUT2D eigenvalue weighted by molar-refractivity contribution is -0.123. The molecular weight excluding hydrogens is 719 g/mol. The van der Waals surface area contributed by atoms with Gasteiger partial charge in [-0.05, 0) is 51.5 Å². The summed E-state index contributed by atoms with van der Waals surface area (Å²) in [4.78, 5) is 23.3. The lowest BCUT2D eigenvalue weighted by Gasteiger charge is -2.28. The number of hydrogen-bond donors (Lipinski definition) is 3. The highest BCUT2D eigenvalue weighted by Gasteiger charge is 2.62. The second-order valence-corrected chi connectivity index (χ2v) is 14.7. The molecule has 0 radical (unpaired) electrons. The Bertz CT molecular complexity index is 2420. The van der Waals surface area contributed by atoms with Gasteiger partial charge in [0.1, 0.15) is 17.2 Å². The fraction of sp³-hybridized carbons (Fsp3) is 0.229. The minimum Gasteiger partial charge on any atom is -0.467 e. The number of amides is 1. The summed E-state index contributed by atoms with van der Waals surface area (Å²) in [6.07, 6.45) is 1.43. The van der Waals surface area contributed by atoms with Crippen molar-refractivity contribution in [3.05, 3.63) is 92.7 Å². The van der Waals surface area contributed by atoms with Crippen molar-refractivity contribution < 1.29 is 18.4 Å². The van der Waals surface area contributed by atoms with Gasteiger partial charge in [-0.2, -0.15) is 4.98 Å². The third-order valence-corrected chi connectivity index (χ3v) is 11.2. The third-order valence-electron chi connectivity index (χ3n) is 10.1. The van der Waals surface area contributed by atoms with E-state index >= 15 is 0 Å². The van der Waals surface area contributed by atoms with Crippen molar-refractivity contribution in [1.82, 2.24) is 19.4 Å². The average Bonchev–Trinajstić information content (AvgIpc) is 3.85. The topological polar surface area (TPSA) is 133 Å². The number of halogens is 3. The predicted octanol–water partition coefficient (Wildman–Crippen LogP) is 7.52. The normalized spacial score (nSPS) is 22.9. The van der Waals surface area contributed by atoms with Crippen molar-refractivity contribution in [3.8, 4) is 39.8 Å². The number of nitrogens with two attached hydrogens (primary N) is 1. The molecule has 0 aliphatic carbocycles. The first-order valence-electron chi connectivity index (χ1n) is 15.6. The number of rotatable bonds is 1. The van der Waals surface area contributed by atoms with E-state index in [2.05, 4.69) is 50.8 Å². The van der Waals surface area contributed by atoms with Gasteiger partial charge < -0.3 is 29.9 Å². The van der Waals surface area contributed by atoms with Gasteiger partial charge in [-0.25, -0.2) is 4.98 Å². The largest absolute Gasteiger partial charge is 0.467 e. The molecule has 6 aromatic rings. The Morgan fingerprint density at radius 1 is 1.06 bits per heavy atom. The molecule has 3 aromatic heterocycles. The number of benzene rings is 3. The molecule has 10 nitrogen and oxygen atoms in total. The summed E-state index contributed by atoms with van der Waals surface area (Å²) in [5.41, 5.74) is 12.6. The van der Waals surface area contributed by atoms with Crippen molar-refractivity contribution in [2.45, 2.75) is 44.0 Å². The van der Waals surface area contributed by atoms with Gasteiger partial charge in [-0.15, -0.1) is 0 Å². The van der Waals surface area contributed by atoms with Crippen LogP contribution in [-0.4, -0.2) is 32.2 Å². The van der Waals surface area contributed by atoms with Gasteiger partial charge in [0.25, 0.3) is 5.89 Å².